The van der Waals surface area contributed by atoms with Gasteiger partial charge < -0.3 is 9.64 Å². The minimum Gasteiger partial charge on any atom is -0.496 e. The number of carbonyl (C=O) groups excluding carboxylic acids is 3. The van der Waals surface area contributed by atoms with Gasteiger partial charge in [0.15, 0.2) is 0 Å². The van der Waals surface area contributed by atoms with Gasteiger partial charge in [-0.1, -0.05) is 0 Å². The van der Waals surface area contributed by atoms with Crippen molar-refractivity contribution in [3.05, 3.63) is 29.3 Å². The molecule has 134 valence electrons. The van der Waals surface area contributed by atoms with E-state index in [1.807, 2.05) is 12.1 Å². The van der Waals surface area contributed by atoms with E-state index < -0.39 is 17.8 Å². The number of nitrogens with zero attached hydrogens (tertiary/aromatic N) is 3. The second-order valence-corrected chi connectivity index (χ2v) is 5.67. The lowest BCUT2D eigenvalue weighted by Gasteiger charge is -2.29. The van der Waals surface area contributed by atoms with Gasteiger partial charge in [-0.25, -0.2) is 4.79 Å². The van der Waals surface area contributed by atoms with Crippen LogP contribution in [0.1, 0.15) is 19.4 Å². The van der Waals surface area contributed by atoms with E-state index in [1.54, 1.807) is 6.07 Å². The molecule has 25 heavy (non-hydrogen) atoms. The van der Waals surface area contributed by atoms with Crippen LogP contribution in [0.25, 0.3) is 6.08 Å². The van der Waals surface area contributed by atoms with Crippen LogP contribution in [0.3, 0.4) is 0 Å². The summed E-state index contributed by atoms with van der Waals surface area (Å²) >= 11 is 0. The molecule has 0 spiro atoms. The Kier molecular flexibility index (Phi) is 5.46. The van der Waals surface area contributed by atoms with E-state index in [0.29, 0.717) is 11.3 Å². The minimum atomic E-state index is -0.643. The monoisotopic (exact) mass is 345 g/mol. The van der Waals surface area contributed by atoms with Crippen LogP contribution in [0.5, 0.6) is 5.75 Å². The van der Waals surface area contributed by atoms with Gasteiger partial charge in [0, 0.05) is 44.5 Å². The molecule has 1 aliphatic rings. The lowest BCUT2D eigenvalue weighted by Crippen LogP contribution is -2.52. The van der Waals surface area contributed by atoms with E-state index in [1.165, 1.54) is 27.3 Å². The molecular weight excluding hydrogens is 322 g/mol. The van der Waals surface area contributed by atoms with E-state index in [0.717, 1.165) is 28.6 Å². The Morgan fingerprint density at radius 3 is 2.08 bits per heavy atom. The van der Waals surface area contributed by atoms with Crippen molar-refractivity contribution in [1.82, 2.24) is 9.80 Å². The number of ether oxygens (including phenoxy) is 1. The van der Waals surface area contributed by atoms with Crippen LogP contribution in [0.4, 0.5) is 10.5 Å². The summed E-state index contributed by atoms with van der Waals surface area (Å²) in [5, 5.41) is 0. The molecule has 0 aliphatic carbocycles. The molecule has 0 unspecified atom stereocenters. The second kappa shape index (κ2) is 7.38. The Bertz CT molecular complexity index is 712. The van der Waals surface area contributed by atoms with Crippen LogP contribution < -0.4 is 9.64 Å². The average molecular weight is 345 g/mol. The highest BCUT2D eigenvalue weighted by atomic mass is 16.5. The summed E-state index contributed by atoms with van der Waals surface area (Å²) in [6.45, 7) is 5.84. The standard InChI is InChI=1S/C18H23N3O4/c1-6-21(7-2)13-9-8-12(15(11-13)25-5)10-14-16(22)19(3)18(24)20(4)17(14)23/h8-11H,6-7H2,1-5H3. The van der Waals surface area contributed by atoms with Gasteiger partial charge >= 0.3 is 6.03 Å². The molecule has 1 aliphatic heterocycles. The van der Waals surface area contributed by atoms with Crippen LogP contribution in [-0.2, 0) is 9.59 Å². The number of methoxy groups -OCH3 is 1. The zero-order chi connectivity index (χ0) is 18.7. The molecule has 1 fully saturated rings. The van der Waals surface area contributed by atoms with Gasteiger partial charge in [-0.05, 0) is 32.1 Å². The first-order chi connectivity index (χ1) is 11.8. The first-order valence-electron chi connectivity index (χ1n) is 8.10. The maximum Gasteiger partial charge on any atom is 0.333 e. The number of carbonyl (C=O) groups is 3. The van der Waals surface area contributed by atoms with Crippen molar-refractivity contribution in [3.63, 3.8) is 0 Å². The highest BCUT2D eigenvalue weighted by Gasteiger charge is 2.37. The second-order valence-electron chi connectivity index (χ2n) is 5.67. The molecular formula is C18H23N3O4. The third-order valence-electron chi connectivity index (χ3n) is 4.29. The van der Waals surface area contributed by atoms with Crippen LogP contribution in [0.2, 0.25) is 0 Å². The van der Waals surface area contributed by atoms with E-state index in [-0.39, 0.29) is 5.57 Å². The predicted molar refractivity (Wildman–Crippen MR) is 95.5 cm³/mol. The fourth-order valence-electron chi connectivity index (χ4n) is 2.74. The number of likely N-dealkylation sites (N-methyl/N-ethyl adjacent to an activating group) is 2. The van der Waals surface area contributed by atoms with Gasteiger partial charge in [-0.2, -0.15) is 0 Å². The Labute approximate surface area is 147 Å². The molecule has 0 saturated carbocycles. The molecule has 0 radical (unpaired) electrons. The van der Waals surface area contributed by atoms with Crippen molar-refractivity contribution in [1.29, 1.82) is 0 Å². The Morgan fingerprint density at radius 2 is 1.60 bits per heavy atom. The molecule has 1 aromatic carbocycles. The van der Waals surface area contributed by atoms with E-state index >= 15 is 0 Å². The van der Waals surface area contributed by atoms with E-state index in [4.69, 9.17) is 4.74 Å². The molecule has 0 N–H and O–H groups in total. The molecule has 7 heteroatoms. The maximum absolute atomic E-state index is 12.3. The summed E-state index contributed by atoms with van der Waals surface area (Å²) in [5.41, 5.74) is 1.53. The molecule has 1 heterocycles. The number of amides is 4. The third kappa shape index (κ3) is 3.35. The van der Waals surface area contributed by atoms with Gasteiger partial charge in [0.2, 0.25) is 0 Å². The van der Waals surface area contributed by atoms with Crippen molar-refractivity contribution in [2.24, 2.45) is 0 Å². The molecule has 4 amide bonds. The Morgan fingerprint density at radius 1 is 1.04 bits per heavy atom. The zero-order valence-electron chi connectivity index (χ0n) is 15.2. The highest BCUT2D eigenvalue weighted by Crippen LogP contribution is 2.29. The average Bonchev–Trinajstić information content (AvgIpc) is 2.63. The summed E-state index contributed by atoms with van der Waals surface area (Å²) in [5.74, 6) is -0.689. The van der Waals surface area contributed by atoms with Crippen molar-refractivity contribution < 1.29 is 19.1 Å². The minimum absolute atomic E-state index is 0.0708. The summed E-state index contributed by atoms with van der Waals surface area (Å²) < 4.78 is 5.42. The van der Waals surface area contributed by atoms with E-state index in [2.05, 4.69) is 18.7 Å². The van der Waals surface area contributed by atoms with Crippen molar-refractivity contribution in [2.45, 2.75) is 13.8 Å². The Hall–Kier alpha value is -2.83. The number of rotatable bonds is 5. The van der Waals surface area contributed by atoms with Crippen LogP contribution in [-0.4, -0.2) is 61.9 Å². The number of benzene rings is 1. The molecule has 7 nitrogen and oxygen atoms in total. The molecule has 1 aromatic rings. The summed E-state index contributed by atoms with van der Waals surface area (Å²) in [4.78, 5) is 40.4. The molecule has 2 rings (SSSR count). The zero-order valence-corrected chi connectivity index (χ0v) is 15.2. The summed E-state index contributed by atoms with van der Waals surface area (Å²) in [7, 11) is 4.24. The summed E-state index contributed by atoms with van der Waals surface area (Å²) in [6, 6.07) is 4.95. The largest absolute Gasteiger partial charge is 0.496 e. The number of urea groups is 1. The number of imide groups is 2. The van der Waals surface area contributed by atoms with Crippen LogP contribution in [0, 0.1) is 0 Å². The predicted octanol–water partition coefficient (Wildman–Crippen LogP) is 1.98. The topological polar surface area (TPSA) is 70.2 Å². The first-order valence-corrected chi connectivity index (χ1v) is 8.10. The van der Waals surface area contributed by atoms with Gasteiger partial charge in [0.05, 0.1) is 7.11 Å². The van der Waals surface area contributed by atoms with Crippen molar-refractivity contribution in [3.8, 4) is 5.75 Å². The SMILES string of the molecule is CCN(CC)c1ccc(C=C2C(=O)N(C)C(=O)N(C)C2=O)c(OC)c1. The summed E-state index contributed by atoms with van der Waals surface area (Å²) in [6.07, 6.45) is 1.47. The number of anilines is 1. The lowest BCUT2D eigenvalue weighted by atomic mass is 10.1. The molecule has 0 atom stereocenters. The highest BCUT2D eigenvalue weighted by molar-refractivity contribution is 6.30. The third-order valence-corrected chi connectivity index (χ3v) is 4.29. The lowest BCUT2D eigenvalue weighted by molar-refractivity contribution is -0.134. The first kappa shape index (κ1) is 18.5. The number of barbiturate groups is 1. The van der Waals surface area contributed by atoms with Gasteiger partial charge in [0.1, 0.15) is 11.3 Å². The molecule has 0 aromatic heterocycles. The smallest absolute Gasteiger partial charge is 0.333 e. The van der Waals surface area contributed by atoms with Crippen LogP contribution >= 0.6 is 0 Å². The number of hydrogen-bond acceptors (Lipinski definition) is 5. The fourth-order valence-corrected chi connectivity index (χ4v) is 2.74. The maximum atomic E-state index is 12.3. The molecule has 1 saturated heterocycles. The van der Waals surface area contributed by atoms with Gasteiger partial charge in [0.25, 0.3) is 11.8 Å². The number of hydrogen-bond donors (Lipinski definition) is 0. The quantitative estimate of drug-likeness (QED) is 0.603. The van der Waals surface area contributed by atoms with Crippen LogP contribution in [0.15, 0.2) is 23.8 Å². The van der Waals surface area contributed by atoms with E-state index in [9.17, 15) is 14.4 Å². The fraction of sp³-hybridized carbons (Fsp3) is 0.389. The van der Waals surface area contributed by atoms with Crippen molar-refractivity contribution >= 4 is 29.6 Å². The normalized spacial score (nSPS) is 14.9. The van der Waals surface area contributed by atoms with Crippen molar-refractivity contribution in [2.75, 3.05) is 39.2 Å². The Balaban J connectivity index is 2.47. The van der Waals surface area contributed by atoms with Gasteiger partial charge in [-0.15, -0.1) is 0 Å². The molecule has 0 bridgehead atoms. The van der Waals surface area contributed by atoms with Gasteiger partial charge in [-0.3, -0.25) is 19.4 Å².